The van der Waals surface area contributed by atoms with Crippen LogP contribution in [0, 0.1) is 5.92 Å². The number of carbonyl (C=O) groups is 2. The van der Waals surface area contributed by atoms with Crippen LogP contribution in [0.3, 0.4) is 0 Å². The number of halogens is 1. The Hall–Kier alpha value is -2.48. The fourth-order valence-corrected chi connectivity index (χ4v) is 3.99. The molecular weight excluding hydrogens is 424 g/mol. The summed E-state index contributed by atoms with van der Waals surface area (Å²) < 4.78 is 0.810. The van der Waals surface area contributed by atoms with Crippen molar-refractivity contribution in [2.24, 2.45) is 5.92 Å². The first kappa shape index (κ1) is 20.3. The molecule has 0 spiro atoms. The third-order valence-corrected chi connectivity index (χ3v) is 5.84. The number of carbonyl (C=O) groups excluding carboxylic acids is 1. The molecule has 1 aliphatic carbocycles. The minimum Gasteiger partial charge on any atom is -0.465 e. The van der Waals surface area contributed by atoms with Gasteiger partial charge in [-0.3, -0.25) is 9.78 Å². The lowest BCUT2D eigenvalue weighted by Gasteiger charge is -2.32. The Labute approximate surface area is 172 Å². The molecule has 148 valence electrons. The highest BCUT2D eigenvalue weighted by atomic mass is 79.9. The fourth-order valence-electron chi connectivity index (χ4n) is 3.57. The molecule has 3 rings (SSSR count). The number of hydrogen-bond donors (Lipinski definition) is 2. The molecule has 2 N–H and O–H groups in total. The quantitative estimate of drug-likeness (QED) is 0.709. The Kier molecular flexibility index (Phi) is 6.61. The third-order valence-electron chi connectivity index (χ3n) is 5.20. The van der Waals surface area contributed by atoms with Crippen molar-refractivity contribution in [2.45, 2.75) is 38.1 Å². The second-order valence-electron chi connectivity index (χ2n) is 7.08. The van der Waals surface area contributed by atoms with Crippen molar-refractivity contribution in [1.29, 1.82) is 0 Å². The number of nitrogens with one attached hydrogen (secondary N) is 1. The SMILES string of the molecule is CN(C(=O)O)C1CCC(CC(=O)Nc2cc(-c3ccccn3)c(Br)cn2)CC1. The maximum atomic E-state index is 12.5. The number of carboxylic acid groups (broad SMARTS) is 1. The Morgan fingerprint density at radius 1 is 1.25 bits per heavy atom. The molecule has 28 heavy (non-hydrogen) atoms. The van der Waals surface area contributed by atoms with Crippen molar-refractivity contribution in [3.05, 3.63) is 41.1 Å². The van der Waals surface area contributed by atoms with Gasteiger partial charge in [-0.15, -0.1) is 0 Å². The monoisotopic (exact) mass is 446 g/mol. The first-order chi connectivity index (χ1) is 13.4. The first-order valence-electron chi connectivity index (χ1n) is 9.26. The number of pyridine rings is 2. The number of aromatic nitrogens is 2. The zero-order valence-corrected chi connectivity index (χ0v) is 17.2. The Balaban J connectivity index is 1.57. The van der Waals surface area contributed by atoms with Gasteiger partial charge >= 0.3 is 6.09 Å². The van der Waals surface area contributed by atoms with Crippen molar-refractivity contribution in [3.63, 3.8) is 0 Å². The minimum absolute atomic E-state index is 0.0471. The van der Waals surface area contributed by atoms with Crippen molar-refractivity contribution in [2.75, 3.05) is 12.4 Å². The van der Waals surface area contributed by atoms with Crippen LogP contribution in [0.5, 0.6) is 0 Å². The molecule has 0 atom stereocenters. The molecule has 1 saturated carbocycles. The molecule has 2 aromatic heterocycles. The summed E-state index contributed by atoms with van der Waals surface area (Å²) in [5.74, 6) is 0.689. The lowest BCUT2D eigenvalue weighted by molar-refractivity contribution is -0.117. The van der Waals surface area contributed by atoms with Crippen LogP contribution in [0.4, 0.5) is 10.6 Å². The van der Waals surface area contributed by atoms with Crippen LogP contribution in [-0.4, -0.2) is 45.1 Å². The van der Waals surface area contributed by atoms with E-state index in [4.69, 9.17) is 5.11 Å². The molecule has 8 heteroatoms. The zero-order chi connectivity index (χ0) is 20.1. The standard InChI is InChI=1S/C20H23BrN4O3/c1-25(20(27)28)14-7-5-13(6-8-14)10-19(26)24-18-11-15(16(21)12-23-18)17-4-2-3-9-22-17/h2-4,9,11-14H,5-8,10H2,1H3,(H,27,28)(H,23,24,26). The molecule has 0 unspecified atom stereocenters. The van der Waals surface area contributed by atoms with E-state index in [2.05, 4.69) is 31.2 Å². The van der Waals surface area contributed by atoms with E-state index < -0.39 is 6.09 Å². The van der Waals surface area contributed by atoms with Gasteiger partial charge < -0.3 is 15.3 Å². The van der Waals surface area contributed by atoms with E-state index in [0.29, 0.717) is 12.2 Å². The molecule has 1 aliphatic rings. The highest BCUT2D eigenvalue weighted by Crippen LogP contribution is 2.31. The molecule has 0 aromatic carbocycles. The van der Waals surface area contributed by atoms with Crippen LogP contribution in [0.1, 0.15) is 32.1 Å². The average molecular weight is 447 g/mol. The summed E-state index contributed by atoms with van der Waals surface area (Å²) >= 11 is 3.48. The molecule has 0 saturated heterocycles. The van der Waals surface area contributed by atoms with E-state index >= 15 is 0 Å². The lowest BCUT2D eigenvalue weighted by Crippen LogP contribution is -2.38. The summed E-state index contributed by atoms with van der Waals surface area (Å²) in [6.07, 6.45) is 6.19. The molecule has 0 aliphatic heterocycles. The van der Waals surface area contributed by atoms with E-state index in [0.717, 1.165) is 41.4 Å². The summed E-state index contributed by atoms with van der Waals surface area (Å²) in [4.78, 5) is 33.5. The van der Waals surface area contributed by atoms with Crippen molar-refractivity contribution in [3.8, 4) is 11.3 Å². The Morgan fingerprint density at radius 2 is 2.00 bits per heavy atom. The maximum absolute atomic E-state index is 12.5. The van der Waals surface area contributed by atoms with E-state index in [1.807, 2.05) is 24.3 Å². The molecule has 2 amide bonds. The van der Waals surface area contributed by atoms with Crippen LogP contribution in [0.15, 0.2) is 41.1 Å². The van der Waals surface area contributed by atoms with Gasteiger partial charge in [0.05, 0.1) is 5.69 Å². The predicted octanol–water partition coefficient (Wildman–Crippen LogP) is 4.40. The lowest BCUT2D eigenvalue weighted by atomic mass is 9.83. The number of nitrogens with zero attached hydrogens (tertiary/aromatic N) is 3. The maximum Gasteiger partial charge on any atom is 0.407 e. The number of hydrogen-bond acceptors (Lipinski definition) is 4. The summed E-state index contributed by atoms with van der Waals surface area (Å²) in [6, 6.07) is 7.52. The second-order valence-corrected chi connectivity index (χ2v) is 7.94. The topological polar surface area (TPSA) is 95.4 Å². The smallest absolute Gasteiger partial charge is 0.407 e. The molecule has 7 nitrogen and oxygen atoms in total. The number of amides is 2. The fraction of sp³-hybridized carbons (Fsp3) is 0.400. The molecule has 0 radical (unpaired) electrons. The van der Waals surface area contributed by atoms with Crippen LogP contribution >= 0.6 is 15.9 Å². The van der Waals surface area contributed by atoms with Gasteiger partial charge in [0.25, 0.3) is 0 Å². The van der Waals surface area contributed by atoms with E-state index in [1.54, 1.807) is 19.4 Å². The Morgan fingerprint density at radius 3 is 2.64 bits per heavy atom. The summed E-state index contributed by atoms with van der Waals surface area (Å²) in [5.41, 5.74) is 1.66. The average Bonchev–Trinajstić information content (AvgIpc) is 2.70. The Bertz CT molecular complexity index is 839. The van der Waals surface area contributed by atoms with Crippen LogP contribution < -0.4 is 5.32 Å². The molecule has 1 fully saturated rings. The van der Waals surface area contributed by atoms with Crippen molar-refractivity contribution in [1.82, 2.24) is 14.9 Å². The second kappa shape index (κ2) is 9.14. The summed E-state index contributed by atoms with van der Waals surface area (Å²) in [7, 11) is 1.61. The van der Waals surface area contributed by atoms with Gasteiger partial charge in [0.15, 0.2) is 0 Å². The van der Waals surface area contributed by atoms with Crippen LogP contribution in [-0.2, 0) is 4.79 Å². The predicted molar refractivity (Wildman–Crippen MR) is 110 cm³/mol. The van der Waals surface area contributed by atoms with Crippen LogP contribution in [0.2, 0.25) is 0 Å². The van der Waals surface area contributed by atoms with Gasteiger partial charge in [0.2, 0.25) is 5.91 Å². The van der Waals surface area contributed by atoms with Crippen molar-refractivity contribution >= 4 is 33.7 Å². The normalized spacial score (nSPS) is 19.1. The zero-order valence-electron chi connectivity index (χ0n) is 15.6. The van der Waals surface area contributed by atoms with Gasteiger partial charge in [-0.2, -0.15) is 0 Å². The highest BCUT2D eigenvalue weighted by Gasteiger charge is 2.27. The van der Waals surface area contributed by atoms with Gasteiger partial charge in [-0.05, 0) is 65.7 Å². The summed E-state index contributed by atoms with van der Waals surface area (Å²) in [5, 5.41) is 12.0. The van der Waals surface area contributed by atoms with E-state index in [9.17, 15) is 9.59 Å². The van der Waals surface area contributed by atoms with Gasteiger partial charge in [-0.25, -0.2) is 9.78 Å². The first-order valence-corrected chi connectivity index (χ1v) is 10.1. The number of anilines is 1. The highest BCUT2D eigenvalue weighted by molar-refractivity contribution is 9.10. The molecular formula is C20H23BrN4O3. The van der Waals surface area contributed by atoms with Crippen molar-refractivity contribution < 1.29 is 14.7 Å². The van der Waals surface area contributed by atoms with Gasteiger partial charge in [-0.1, -0.05) is 6.07 Å². The van der Waals surface area contributed by atoms with Gasteiger partial charge in [0, 0.05) is 41.9 Å². The number of rotatable bonds is 5. The van der Waals surface area contributed by atoms with E-state index in [-0.39, 0.29) is 17.9 Å². The molecule has 2 heterocycles. The largest absolute Gasteiger partial charge is 0.465 e. The van der Waals surface area contributed by atoms with E-state index in [1.165, 1.54) is 4.90 Å². The van der Waals surface area contributed by atoms with Gasteiger partial charge in [0.1, 0.15) is 5.82 Å². The third kappa shape index (κ3) is 5.07. The minimum atomic E-state index is -0.897. The molecule has 0 bridgehead atoms. The molecule has 2 aromatic rings. The van der Waals surface area contributed by atoms with Crippen LogP contribution in [0.25, 0.3) is 11.3 Å². The summed E-state index contributed by atoms with van der Waals surface area (Å²) in [6.45, 7) is 0.